The first-order chi connectivity index (χ1) is 25.4. The van der Waals surface area contributed by atoms with Gasteiger partial charge in [-0.1, -0.05) is 47.8 Å². The minimum atomic E-state index is 0.00499. The normalized spacial score (nSPS) is 19.5. The van der Waals surface area contributed by atoms with Gasteiger partial charge in [0.15, 0.2) is 46.0 Å². The molecule has 0 aromatic carbocycles. The second-order valence-corrected chi connectivity index (χ2v) is 19.9. The molecule has 6 aliphatic heterocycles. The number of hydrogen-bond acceptors (Lipinski definition) is 14. The fraction of sp³-hybridized carbons (Fsp3) is 0.368. The largest absolute Gasteiger partial charge is 0.485 e. The van der Waals surface area contributed by atoms with Crippen LogP contribution in [-0.4, -0.2) is 52.9 Å². The van der Waals surface area contributed by atoms with Crippen molar-refractivity contribution in [3.8, 4) is 46.0 Å². The molecular weight excluding hydrogens is 777 g/mol. The van der Waals surface area contributed by atoms with Crippen LogP contribution in [0.3, 0.4) is 0 Å². The van der Waals surface area contributed by atoms with Crippen LogP contribution >= 0.6 is 68.9 Å². The van der Waals surface area contributed by atoms with Gasteiger partial charge >= 0.3 is 0 Å². The molecule has 0 saturated heterocycles. The van der Waals surface area contributed by atoms with Crippen LogP contribution in [0.25, 0.3) is 19.6 Å². The zero-order valence-electron chi connectivity index (χ0n) is 28.8. The third-order valence-electron chi connectivity index (χ3n) is 9.41. The lowest BCUT2D eigenvalue weighted by atomic mass is 9.89. The third kappa shape index (κ3) is 5.58. The highest BCUT2D eigenvalue weighted by Crippen LogP contribution is 2.61. The van der Waals surface area contributed by atoms with Crippen molar-refractivity contribution < 1.29 is 37.9 Å². The van der Waals surface area contributed by atoms with E-state index in [1.54, 1.807) is 68.9 Å². The minimum absolute atomic E-state index is 0.00499. The van der Waals surface area contributed by atoms with Crippen molar-refractivity contribution in [3.05, 3.63) is 63.3 Å². The van der Waals surface area contributed by atoms with Gasteiger partial charge in [-0.3, -0.25) is 0 Å². The molecule has 0 saturated carbocycles. The summed E-state index contributed by atoms with van der Waals surface area (Å²) in [6, 6.07) is 0. The molecule has 0 radical (unpaired) electrons. The number of ether oxygens (including phenoxy) is 8. The molecule has 270 valence electrons. The van der Waals surface area contributed by atoms with Crippen LogP contribution < -0.4 is 37.9 Å². The molecule has 0 fully saturated rings. The molecule has 10 heterocycles. The first-order valence-corrected chi connectivity index (χ1v) is 22.1. The maximum Gasteiger partial charge on any atom is 0.180 e. The van der Waals surface area contributed by atoms with Crippen LogP contribution in [0.4, 0.5) is 0 Å². The molecule has 0 spiro atoms. The van der Waals surface area contributed by atoms with E-state index in [-0.39, 0.29) is 11.8 Å². The summed E-state index contributed by atoms with van der Waals surface area (Å²) in [6.45, 7) is 12.8. The molecule has 0 aliphatic carbocycles. The van der Waals surface area contributed by atoms with Crippen molar-refractivity contribution in [2.24, 2.45) is 11.8 Å². The number of allylic oxidation sites excluding steroid dienone is 4. The smallest absolute Gasteiger partial charge is 0.180 e. The minimum Gasteiger partial charge on any atom is -0.485 e. The maximum atomic E-state index is 6.30. The molecule has 14 heteroatoms. The summed E-state index contributed by atoms with van der Waals surface area (Å²) in [5, 5.41) is 0. The van der Waals surface area contributed by atoms with Gasteiger partial charge in [0.25, 0.3) is 0 Å². The Kier molecular flexibility index (Phi) is 8.56. The van der Waals surface area contributed by atoms with Gasteiger partial charge in [-0.2, -0.15) is 0 Å². The van der Waals surface area contributed by atoms with Crippen LogP contribution in [0.1, 0.15) is 39.0 Å². The van der Waals surface area contributed by atoms with E-state index in [1.165, 1.54) is 0 Å². The van der Waals surface area contributed by atoms with Crippen molar-refractivity contribution in [2.45, 2.75) is 27.7 Å². The van der Waals surface area contributed by atoms with Crippen molar-refractivity contribution in [1.82, 2.24) is 0 Å². The Morgan fingerprint density at radius 2 is 0.558 bits per heavy atom. The van der Waals surface area contributed by atoms with Crippen LogP contribution in [0.5, 0.6) is 46.0 Å². The summed E-state index contributed by atoms with van der Waals surface area (Å²) in [6.07, 6.45) is 9.64. The number of fused-ring (bicyclic) bond motifs is 4. The Labute approximate surface area is 326 Å². The third-order valence-corrected chi connectivity index (χ3v) is 16.6. The lowest BCUT2D eigenvalue weighted by Crippen LogP contribution is -2.17. The van der Waals surface area contributed by atoms with E-state index in [9.17, 15) is 0 Å². The summed E-state index contributed by atoms with van der Waals surface area (Å²) >= 11 is 10.5. The van der Waals surface area contributed by atoms with Gasteiger partial charge < -0.3 is 37.9 Å². The van der Waals surface area contributed by atoms with Gasteiger partial charge in [-0.15, -0.1) is 45.3 Å². The molecule has 0 unspecified atom stereocenters. The topological polar surface area (TPSA) is 73.8 Å². The second kappa shape index (κ2) is 13.3. The first kappa shape index (κ1) is 33.4. The Bertz CT molecular complexity index is 1940. The molecule has 8 nitrogen and oxygen atoms in total. The molecule has 0 N–H and O–H groups in total. The highest BCUT2D eigenvalue weighted by atomic mass is 32.2. The highest BCUT2D eigenvalue weighted by Gasteiger charge is 2.36. The average molecular weight is 811 g/mol. The molecule has 0 atom stereocenters. The Morgan fingerprint density at radius 3 is 0.788 bits per heavy atom. The van der Waals surface area contributed by atoms with Crippen molar-refractivity contribution in [2.75, 3.05) is 52.9 Å². The Balaban J connectivity index is 1.15. The van der Waals surface area contributed by atoms with E-state index in [2.05, 4.69) is 52.0 Å². The number of rotatable bonds is 5. The number of thiophene rings is 4. The lowest BCUT2D eigenvalue weighted by molar-refractivity contribution is 0.172. The van der Waals surface area contributed by atoms with Crippen LogP contribution in [-0.2, 0) is 0 Å². The monoisotopic (exact) mass is 810 g/mol. The van der Waals surface area contributed by atoms with Crippen molar-refractivity contribution in [1.29, 1.82) is 0 Å². The van der Waals surface area contributed by atoms with Gasteiger partial charge in [0.1, 0.15) is 52.9 Å². The van der Waals surface area contributed by atoms with E-state index >= 15 is 0 Å². The predicted octanol–water partition coefficient (Wildman–Crippen LogP) is 10.4. The Hall–Kier alpha value is -3.14. The SMILES string of the molecule is Cc1sc(C2=CC(C3C=C(c4sc(C)c5c4OCCO5)SC(c4sc(C)c5c4OCCO5)=C3)C=C(c3sc(C)c4c3OCCO4)S2)c2c1OCCO2. The zero-order valence-corrected chi connectivity index (χ0v) is 33.7. The predicted molar refractivity (Wildman–Crippen MR) is 214 cm³/mol. The number of hydrogen-bond donors (Lipinski definition) is 0. The second-order valence-electron chi connectivity index (χ2n) is 12.9. The molecule has 4 aromatic heterocycles. The quantitative estimate of drug-likeness (QED) is 0.195. The zero-order chi connectivity index (χ0) is 35.1. The van der Waals surface area contributed by atoms with E-state index in [1.807, 2.05) is 0 Å². The summed E-state index contributed by atoms with van der Waals surface area (Å²) in [7, 11) is 0. The summed E-state index contributed by atoms with van der Waals surface area (Å²) < 4.78 is 49.7. The van der Waals surface area contributed by atoms with Gasteiger partial charge in [-0.25, -0.2) is 0 Å². The van der Waals surface area contributed by atoms with Crippen LogP contribution in [0.15, 0.2) is 24.3 Å². The standard InChI is InChI=1S/C38H34O8S6/c1-17-27-31(43-9-5-39-27)35(47-17)23-13-21(14-24(51-23)36-32-28(18(2)48-36)40-6-10-44-32)22-15-25(37-33-29(19(3)49-37)41-7-11-45-33)52-26(16-22)38-34-30(20(4)50-38)42-8-12-46-34/h13-16,21-22H,5-12H2,1-4H3. The molecule has 0 bridgehead atoms. The Morgan fingerprint density at radius 1 is 0.346 bits per heavy atom. The summed E-state index contributed by atoms with van der Waals surface area (Å²) in [4.78, 5) is 13.5. The van der Waals surface area contributed by atoms with Crippen molar-refractivity contribution >= 4 is 88.5 Å². The molecule has 6 aliphatic rings. The number of aryl methyl sites for hydroxylation is 4. The number of thioether (sulfide) groups is 2. The van der Waals surface area contributed by atoms with E-state index < -0.39 is 0 Å². The molecule has 10 rings (SSSR count). The van der Waals surface area contributed by atoms with Crippen LogP contribution in [0.2, 0.25) is 0 Å². The highest BCUT2D eigenvalue weighted by molar-refractivity contribution is 8.17. The summed E-state index contributed by atoms with van der Waals surface area (Å²) in [5.41, 5.74) is 0. The fourth-order valence-corrected chi connectivity index (χ4v) is 14.1. The van der Waals surface area contributed by atoms with E-state index in [4.69, 9.17) is 37.9 Å². The van der Waals surface area contributed by atoms with Gasteiger partial charge in [0, 0.05) is 51.0 Å². The first-order valence-electron chi connectivity index (χ1n) is 17.2. The average Bonchev–Trinajstić information content (AvgIpc) is 3.92. The lowest BCUT2D eigenvalue weighted by Gasteiger charge is -2.29. The molecular formula is C38H34O8S6. The maximum absolute atomic E-state index is 6.30. The van der Waals surface area contributed by atoms with Gasteiger partial charge in [-0.05, 0) is 27.7 Å². The molecule has 0 amide bonds. The van der Waals surface area contributed by atoms with E-state index in [0.29, 0.717) is 52.9 Å². The van der Waals surface area contributed by atoms with Gasteiger partial charge in [0.2, 0.25) is 0 Å². The fourth-order valence-electron chi connectivity index (χ4n) is 7.13. The summed E-state index contributed by atoms with van der Waals surface area (Å²) in [5.74, 6) is 6.84. The van der Waals surface area contributed by atoms with Crippen molar-refractivity contribution in [3.63, 3.8) is 0 Å². The van der Waals surface area contributed by atoms with Crippen LogP contribution in [0, 0.1) is 39.5 Å². The van der Waals surface area contributed by atoms with E-state index in [0.717, 1.165) is 105 Å². The van der Waals surface area contributed by atoms with Gasteiger partial charge in [0.05, 0.1) is 19.5 Å². The molecule has 52 heavy (non-hydrogen) atoms. The molecule has 4 aromatic rings.